The van der Waals surface area contributed by atoms with Crippen LogP contribution >= 0.6 is 0 Å². The van der Waals surface area contributed by atoms with E-state index < -0.39 is 0 Å². The number of aryl methyl sites for hydroxylation is 1. The molecular weight excluding hydrogens is 430 g/mol. The van der Waals surface area contributed by atoms with Gasteiger partial charge in [0.1, 0.15) is 17.4 Å². The number of nitrogens with one attached hydrogen (secondary N) is 1. The molecule has 5 rings (SSSR count). The predicted molar refractivity (Wildman–Crippen MR) is 132 cm³/mol. The summed E-state index contributed by atoms with van der Waals surface area (Å²) < 4.78 is 7.24. The Kier molecular flexibility index (Phi) is 6.02. The van der Waals surface area contributed by atoms with Gasteiger partial charge in [0.2, 0.25) is 0 Å². The first-order valence-corrected chi connectivity index (χ1v) is 12.2. The SMILES string of the molecule is COc1ccc(-n2nc(C)c3c(N4CCCN(C(=O)NC(C)C)CC4)nc(C4CC4)nc32)cc1. The lowest BCUT2D eigenvalue weighted by Gasteiger charge is -2.24. The van der Waals surface area contributed by atoms with E-state index in [9.17, 15) is 4.79 Å². The summed E-state index contributed by atoms with van der Waals surface area (Å²) in [6, 6.07) is 8.01. The Hall–Kier alpha value is -3.36. The van der Waals surface area contributed by atoms with Crippen LogP contribution in [-0.4, -0.2) is 70.0 Å². The molecule has 3 aromatic rings. The van der Waals surface area contributed by atoms with Crippen LogP contribution in [0.15, 0.2) is 24.3 Å². The molecule has 180 valence electrons. The van der Waals surface area contributed by atoms with E-state index in [0.717, 1.165) is 78.7 Å². The molecule has 3 heterocycles. The maximum absolute atomic E-state index is 12.6. The zero-order valence-electron chi connectivity index (χ0n) is 20.4. The Morgan fingerprint density at radius 1 is 1.09 bits per heavy atom. The van der Waals surface area contributed by atoms with Crippen molar-refractivity contribution in [3.63, 3.8) is 0 Å². The number of urea groups is 1. The summed E-state index contributed by atoms with van der Waals surface area (Å²) in [6.45, 7) is 8.97. The van der Waals surface area contributed by atoms with Gasteiger partial charge in [-0.2, -0.15) is 5.10 Å². The highest BCUT2D eigenvalue weighted by molar-refractivity contribution is 5.91. The average Bonchev–Trinajstić information content (AvgIpc) is 3.65. The van der Waals surface area contributed by atoms with Gasteiger partial charge in [-0.1, -0.05) is 0 Å². The molecule has 9 nitrogen and oxygen atoms in total. The maximum Gasteiger partial charge on any atom is 0.317 e. The van der Waals surface area contributed by atoms with E-state index in [1.54, 1.807) is 7.11 Å². The molecule has 0 spiro atoms. The minimum absolute atomic E-state index is 0.00635. The molecule has 1 aliphatic carbocycles. The Morgan fingerprint density at radius 2 is 1.85 bits per heavy atom. The van der Waals surface area contributed by atoms with E-state index in [1.807, 2.05) is 54.6 Å². The van der Waals surface area contributed by atoms with Crippen LogP contribution in [0.5, 0.6) is 5.75 Å². The Labute approximate surface area is 200 Å². The summed E-state index contributed by atoms with van der Waals surface area (Å²) in [4.78, 5) is 26.9. The molecule has 1 saturated carbocycles. The van der Waals surface area contributed by atoms with Crippen LogP contribution in [0.1, 0.15) is 50.5 Å². The van der Waals surface area contributed by atoms with Gasteiger partial charge in [0.05, 0.1) is 23.9 Å². The van der Waals surface area contributed by atoms with E-state index in [1.165, 1.54) is 0 Å². The van der Waals surface area contributed by atoms with E-state index in [2.05, 4.69) is 10.2 Å². The molecule has 2 aliphatic rings. The summed E-state index contributed by atoms with van der Waals surface area (Å²) in [5.41, 5.74) is 2.69. The number of benzene rings is 1. The molecular formula is C25H33N7O2. The van der Waals surface area contributed by atoms with E-state index in [-0.39, 0.29) is 12.1 Å². The quantitative estimate of drug-likeness (QED) is 0.622. The van der Waals surface area contributed by atoms with Gasteiger partial charge in [-0.05, 0) is 64.3 Å². The molecule has 0 radical (unpaired) electrons. The minimum atomic E-state index is 0.00635. The second kappa shape index (κ2) is 9.12. The van der Waals surface area contributed by atoms with Crippen LogP contribution in [0.4, 0.5) is 10.6 Å². The number of rotatable bonds is 5. The normalized spacial score (nSPS) is 16.7. The van der Waals surface area contributed by atoms with Crippen LogP contribution in [0, 0.1) is 6.92 Å². The molecule has 1 aliphatic heterocycles. The standard InChI is InChI=1S/C25H33N7O2/c1-16(2)26-25(33)31-13-5-12-30(14-15-31)23-21-17(3)29-32(19-8-10-20(34-4)11-9-19)24(21)28-22(27-23)18-6-7-18/h8-11,16,18H,5-7,12-15H2,1-4H3,(H,26,33). The summed E-state index contributed by atoms with van der Waals surface area (Å²) in [7, 11) is 1.67. The number of hydrogen-bond donors (Lipinski definition) is 1. The third-order valence-corrected chi connectivity index (χ3v) is 6.45. The Balaban J connectivity index is 1.52. The molecule has 0 bridgehead atoms. The number of hydrogen-bond acceptors (Lipinski definition) is 6. The van der Waals surface area contributed by atoms with Crippen molar-refractivity contribution in [2.24, 2.45) is 0 Å². The van der Waals surface area contributed by atoms with Gasteiger partial charge >= 0.3 is 6.03 Å². The van der Waals surface area contributed by atoms with E-state index in [0.29, 0.717) is 12.5 Å². The number of carbonyl (C=O) groups excluding carboxylic acids is 1. The second-order valence-corrected chi connectivity index (χ2v) is 9.51. The number of anilines is 1. The highest BCUT2D eigenvalue weighted by Gasteiger charge is 2.31. The fraction of sp³-hybridized carbons (Fsp3) is 0.520. The van der Waals surface area contributed by atoms with Gasteiger partial charge in [-0.15, -0.1) is 0 Å². The lowest BCUT2D eigenvalue weighted by atomic mass is 10.2. The molecule has 2 fully saturated rings. The summed E-state index contributed by atoms with van der Waals surface area (Å²) in [5.74, 6) is 3.07. The first-order valence-electron chi connectivity index (χ1n) is 12.2. The maximum atomic E-state index is 12.6. The van der Waals surface area contributed by atoms with Crippen molar-refractivity contribution in [2.45, 2.75) is 52.0 Å². The largest absolute Gasteiger partial charge is 0.497 e. The number of aromatic nitrogens is 4. The van der Waals surface area contributed by atoms with Gasteiger partial charge in [0.25, 0.3) is 0 Å². The second-order valence-electron chi connectivity index (χ2n) is 9.51. The van der Waals surface area contributed by atoms with Gasteiger partial charge in [0.15, 0.2) is 5.65 Å². The molecule has 0 unspecified atom stereocenters. The van der Waals surface area contributed by atoms with E-state index >= 15 is 0 Å². The molecule has 9 heteroatoms. The first kappa shape index (κ1) is 22.4. The predicted octanol–water partition coefficient (Wildman–Crippen LogP) is 3.64. The fourth-order valence-electron chi connectivity index (χ4n) is 4.51. The zero-order valence-corrected chi connectivity index (χ0v) is 20.4. The van der Waals surface area contributed by atoms with Crippen LogP contribution < -0.4 is 15.0 Å². The van der Waals surface area contributed by atoms with Gasteiger partial charge in [-0.3, -0.25) is 0 Å². The molecule has 1 saturated heterocycles. The van der Waals surface area contributed by atoms with Gasteiger partial charge in [-0.25, -0.2) is 19.4 Å². The molecule has 1 N–H and O–H groups in total. The zero-order chi connectivity index (χ0) is 23.8. The molecule has 1 aromatic carbocycles. The lowest BCUT2D eigenvalue weighted by molar-refractivity contribution is 0.199. The number of nitrogens with zero attached hydrogens (tertiary/aromatic N) is 6. The number of amides is 2. The van der Waals surface area contributed by atoms with Gasteiger partial charge < -0.3 is 19.9 Å². The van der Waals surface area contributed by atoms with Crippen LogP contribution in [0.2, 0.25) is 0 Å². The summed E-state index contributed by atoms with van der Waals surface area (Å²) in [6.07, 6.45) is 3.15. The fourth-order valence-corrected chi connectivity index (χ4v) is 4.51. The van der Waals surface area contributed by atoms with Crippen LogP contribution in [0.3, 0.4) is 0 Å². The van der Waals surface area contributed by atoms with Crippen molar-refractivity contribution in [2.75, 3.05) is 38.2 Å². The van der Waals surface area contributed by atoms with Crippen molar-refractivity contribution in [3.05, 3.63) is 35.8 Å². The average molecular weight is 464 g/mol. The highest BCUT2D eigenvalue weighted by Crippen LogP contribution is 2.40. The first-order chi connectivity index (χ1) is 16.4. The van der Waals surface area contributed by atoms with Crippen molar-refractivity contribution < 1.29 is 9.53 Å². The van der Waals surface area contributed by atoms with E-state index in [4.69, 9.17) is 19.8 Å². The Bertz CT molecular complexity index is 1180. The molecule has 2 amide bonds. The number of ether oxygens (including phenoxy) is 1. The summed E-state index contributed by atoms with van der Waals surface area (Å²) >= 11 is 0. The van der Waals surface area contributed by atoms with Crippen LogP contribution in [0.25, 0.3) is 16.7 Å². The Morgan fingerprint density at radius 3 is 2.53 bits per heavy atom. The molecule has 0 atom stereocenters. The van der Waals surface area contributed by atoms with Crippen molar-refractivity contribution in [1.82, 2.24) is 30.0 Å². The highest BCUT2D eigenvalue weighted by atomic mass is 16.5. The number of carbonyl (C=O) groups is 1. The lowest BCUT2D eigenvalue weighted by Crippen LogP contribution is -2.44. The van der Waals surface area contributed by atoms with Crippen molar-refractivity contribution in [3.8, 4) is 11.4 Å². The summed E-state index contributed by atoms with van der Waals surface area (Å²) in [5, 5.41) is 8.87. The molecule has 2 aromatic heterocycles. The van der Waals surface area contributed by atoms with Gasteiger partial charge in [0, 0.05) is 38.1 Å². The van der Waals surface area contributed by atoms with Crippen molar-refractivity contribution >= 4 is 22.9 Å². The number of fused-ring (bicyclic) bond motifs is 1. The van der Waals surface area contributed by atoms with Crippen LogP contribution in [-0.2, 0) is 0 Å². The van der Waals surface area contributed by atoms with Crippen molar-refractivity contribution in [1.29, 1.82) is 0 Å². The monoisotopic (exact) mass is 463 g/mol. The number of methoxy groups -OCH3 is 1. The third-order valence-electron chi connectivity index (χ3n) is 6.45. The minimum Gasteiger partial charge on any atom is -0.497 e. The molecule has 34 heavy (non-hydrogen) atoms. The third kappa shape index (κ3) is 4.38. The topological polar surface area (TPSA) is 88.4 Å². The smallest absolute Gasteiger partial charge is 0.317 e.